The predicted octanol–water partition coefficient (Wildman–Crippen LogP) is 10.9. The van der Waals surface area contributed by atoms with Gasteiger partial charge in [0, 0.05) is 13.8 Å². The van der Waals surface area contributed by atoms with E-state index >= 15 is 0 Å². The molecule has 2 aromatic carbocycles. The molecule has 2 aliphatic rings. The Morgan fingerprint density at radius 3 is 2.59 bits per heavy atom. The van der Waals surface area contributed by atoms with Crippen molar-refractivity contribution in [3.05, 3.63) is 112 Å². The van der Waals surface area contributed by atoms with Crippen molar-refractivity contribution in [3.63, 3.8) is 0 Å². The van der Waals surface area contributed by atoms with E-state index in [1.165, 1.54) is 45.5 Å². The highest BCUT2D eigenvalue weighted by Crippen LogP contribution is 2.42. The number of allylic oxidation sites excluding steroid dienone is 7. The molecule has 0 aromatic heterocycles. The number of ketones is 1. The SMILES string of the molecule is C.CC1=CC(/C(C)=C/c2c(C)cccc2C2CCC(C(=O)CC[C@@H](C)c3ccc(F)cc3)[C@H](C)C2)=CC=CC1.[HH]. The Bertz CT molecular complexity index is 1260. The first-order chi connectivity index (χ1) is 18.2. The molecule has 210 valence electrons. The van der Waals surface area contributed by atoms with Crippen LogP contribution in [0.2, 0.25) is 0 Å². The summed E-state index contributed by atoms with van der Waals surface area (Å²) in [6, 6.07) is 13.4. The van der Waals surface area contributed by atoms with Crippen LogP contribution in [0, 0.1) is 24.6 Å². The van der Waals surface area contributed by atoms with Gasteiger partial charge in [-0.2, -0.15) is 0 Å². The lowest BCUT2D eigenvalue weighted by Crippen LogP contribution is -2.29. The zero-order chi connectivity index (χ0) is 27.2. The van der Waals surface area contributed by atoms with Crippen molar-refractivity contribution >= 4 is 11.9 Å². The first-order valence-electron chi connectivity index (χ1n) is 14.3. The normalized spacial score (nSPS) is 22.3. The standard InChI is InChI=1S/C36H43FO.CH4.H2/c1-24-9-6-7-11-30(21-24)27(4)23-35-26(3)10-8-12-34(35)31-16-19-33(28(5)22-31)36(38)20-13-25(2)29-14-17-32(37)18-15-29;;/h6-8,10-12,14-15,17-18,21,23,25,28,31,33H,9,13,16,19-20,22H2,1-5H3;1H4;1H/b27-23+;;/t25-,28-,31?,33?;;/m1../s1. The van der Waals surface area contributed by atoms with Gasteiger partial charge in [0.15, 0.2) is 0 Å². The molecule has 1 saturated carbocycles. The molecule has 2 aromatic rings. The number of hydrogen-bond acceptors (Lipinski definition) is 1. The molecule has 0 heterocycles. The third-order valence-electron chi connectivity index (χ3n) is 8.71. The van der Waals surface area contributed by atoms with Crippen LogP contribution in [0.4, 0.5) is 4.39 Å². The van der Waals surface area contributed by atoms with Crippen LogP contribution >= 0.6 is 0 Å². The van der Waals surface area contributed by atoms with Gasteiger partial charge in [-0.1, -0.05) is 87.6 Å². The summed E-state index contributed by atoms with van der Waals surface area (Å²) in [6.07, 6.45) is 16.8. The summed E-state index contributed by atoms with van der Waals surface area (Å²) in [6.45, 7) is 11.0. The topological polar surface area (TPSA) is 17.1 Å². The summed E-state index contributed by atoms with van der Waals surface area (Å²) < 4.78 is 13.3. The van der Waals surface area contributed by atoms with Gasteiger partial charge in [-0.05, 0) is 116 Å². The average molecular weight is 529 g/mol. The van der Waals surface area contributed by atoms with E-state index in [0.717, 1.165) is 37.7 Å². The van der Waals surface area contributed by atoms with E-state index in [1.54, 1.807) is 0 Å². The highest BCUT2D eigenvalue weighted by molar-refractivity contribution is 5.81. The minimum Gasteiger partial charge on any atom is -0.299 e. The van der Waals surface area contributed by atoms with E-state index < -0.39 is 0 Å². The maximum atomic E-state index is 13.3. The van der Waals surface area contributed by atoms with E-state index in [1.807, 2.05) is 12.1 Å². The smallest absolute Gasteiger partial charge is 0.136 e. The van der Waals surface area contributed by atoms with Crippen molar-refractivity contribution in [2.24, 2.45) is 11.8 Å². The Hall–Kier alpha value is -3.00. The quantitative estimate of drug-likeness (QED) is 0.333. The van der Waals surface area contributed by atoms with Crippen molar-refractivity contribution in [1.82, 2.24) is 0 Å². The second-order valence-corrected chi connectivity index (χ2v) is 11.7. The summed E-state index contributed by atoms with van der Waals surface area (Å²) >= 11 is 0. The van der Waals surface area contributed by atoms with Crippen LogP contribution in [-0.2, 0) is 4.79 Å². The summed E-state index contributed by atoms with van der Waals surface area (Å²) in [5, 5.41) is 0. The summed E-state index contributed by atoms with van der Waals surface area (Å²) in [5.41, 5.74) is 9.14. The maximum Gasteiger partial charge on any atom is 0.136 e. The Morgan fingerprint density at radius 2 is 1.87 bits per heavy atom. The number of aryl methyl sites for hydroxylation is 1. The maximum absolute atomic E-state index is 13.3. The van der Waals surface area contributed by atoms with E-state index in [-0.39, 0.29) is 26.5 Å². The molecule has 4 atom stereocenters. The number of carbonyl (C=O) groups excluding carboxylic acids is 1. The largest absolute Gasteiger partial charge is 0.299 e. The molecule has 4 rings (SSSR count). The van der Waals surface area contributed by atoms with Gasteiger partial charge in [-0.15, -0.1) is 0 Å². The molecule has 0 radical (unpaired) electrons. The van der Waals surface area contributed by atoms with E-state index in [9.17, 15) is 9.18 Å². The summed E-state index contributed by atoms with van der Waals surface area (Å²) in [5.74, 6) is 1.45. The number of Topliss-reactive ketones (excluding diaryl/α,β-unsaturated/α-hetero) is 1. The van der Waals surface area contributed by atoms with Crippen LogP contribution in [0.15, 0.2) is 83.5 Å². The minimum atomic E-state index is -0.212. The summed E-state index contributed by atoms with van der Waals surface area (Å²) in [4.78, 5) is 13.3. The molecule has 0 aliphatic heterocycles. The molecule has 39 heavy (non-hydrogen) atoms. The van der Waals surface area contributed by atoms with Gasteiger partial charge in [-0.25, -0.2) is 4.39 Å². The monoisotopic (exact) mass is 528 g/mol. The van der Waals surface area contributed by atoms with E-state index in [4.69, 9.17) is 0 Å². The van der Waals surface area contributed by atoms with Crippen LogP contribution in [0.3, 0.4) is 0 Å². The third-order valence-corrected chi connectivity index (χ3v) is 8.71. The van der Waals surface area contributed by atoms with Gasteiger partial charge in [0.25, 0.3) is 0 Å². The van der Waals surface area contributed by atoms with Crippen LogP contribution in [0.5, 0.6) is 0 Å². The fourth-order valence-corrected chi connectivity index (χ4v) is 6.26. The fourth-order valence-electron chi connectivity index (χ4n) is 6.26. The highest BCUT2D eigenvalue weighted by Gasteiger charge is 2.33. The number of benzene rings is 2. The predicted molar refractivity (Wildman–Crippen MR) is 168 cm³/mol. The lowest BCUT2D eigenvalue weighted by molar-refractivity contribution is -0.125. The highest BCUT2D eigenvalue weighted by atomic mass is 19.1. The van der Waals surface area contributed by atoms with Gasteiger partial charge < -0.3 is 0 Å². The Kier molecular flexibility index (Phi) is 10.9. The van der Waals surface area contributed by atoms with Crippen molar-refractivity contribution in [2.75, 3.05) is 0 Å². The number of halogens is 1. The van der Waals surface area contributed by atoms with Crippen LogP contribution in [-0.4, -0.2) is 5.78 Å². The molecular formula is C37H49FO. The van der Waals surface area contributed by atoms with Gasteiger partial charge in [0.2, 0.25) is 0 Å². The first-order valence-corrected chi connectivity index (χ1v) is 14.3. The van der Waals surface area contributed by atoms with Crippen molar-refractivity contribution in [3.8, 4) is 0 Å². The van der Waals surface area contributed by atoms with Gasteiger partial charge in [0.05, 0.1) is 0 Å². The van der Waals surface area contributed by atoms with Crippen LogP contribution < -0.4 is 0 Å². The summed E-state index contributed by atoms with van der Waals surface area (Å²) in [7, 11) is 0. The fraction of sp³-hybridized carbons (Fsp3) is 0.432. The third kappa shape index (κ3) is 7.78. The Morgan fingerprint density at radius 1 is 1.13 bits per heavy atom. The number of rotatable bonds is 8. The molecule has 0 saturated heterocycles. The van der Waals surface area contributed by atoms with Gasteiger partial charge in [-0.3, -0.25) is 4.79 Å². The van der Waals surface area contributed by atoms with Crippen LogP contribution in [0.1, 0.15) is 109 Å². The molecule has 2 unspecified atom stereocenters. The van der Waals surface area contributed by atoms with Gasteiger partial charge in [0.1, 0.15) is 11.6 Å². The van der Waals surface area contributed by atoms with Gasteiger partial charge >= 0.3 is 0 Å². The second-order valence-electron chi connectivity index (χ2n) is 11.7. The van der Waals surface area contributed by atoms with Crippen molar-refractivity contribution < 1.29 is 10.6 Å². The minimum absolute atomic E-state index is 0. The van der Waals surface area contributed by atoms with Crippen molar-refractivity contribution in [1.29, 1.82) is 0 Å². The number of hydrogen-bond donors (Lipinski definition) is 0. The molecule has 0 spiro atoms. The van der Waals surface area contributed by atoms with Crippen LogP contribution in [0.25, 0.3) is 6.08 Å². The molecule has 0 amide bonds. The van der Waals surface area contributed by atoms with E-state index in [2.05, 4.69) is 83.2 Å². The Labute approximate surface area is 238 Å². The molecule has 1 fully saturated rings. The average Bonchev–Trinajstić information content (AvgIpc) is 3.13. The molecule has 1 nitrogen and oxygen atoms in total. The molecule has 2 aliphatic carbocycles. The zero-order valence-electron chi connectivity index (χ0n) is 23.8. The molecule has 2 heteroatoms. The van der Waals surface area contributed by atoms with Crippen molar-refractivity contribution in [2.45, 2.75) is 92.4 Å². The molecular weight excluding hydrogens is 479 g/mol. The lowest BCUT2D eigenvalue weighted by atomic mass is 9.69. The first kappa shape index (κ1) is 30.5. The molecule has 0 N–H and O–H groups in total. The van der Waals surface area contributed by atoms with E-state index in [0.29, 0.717) is 24.0 Å². The number of carbonyl (C=O) groups is 1. The second kappa shape index (κ2) is 13.9. The lowest BCUT2D eigenvalue weighted by Gasteiger charge is -2.34. The Balaban J connectivity index is 0.00000280. The molecule has 0 bridgehead atoms. The zero-order valence-corrected chi connectivity index (χ0v) is 23.8.